The van der Waals surface area contributed by atoms with Crippen LogP contribution in [0.1, 0.15) is 46.0 Å². The van der Waals surface area contributed by atoms with E-state index in [4.69, 9.17) is 4.74 Å². The van der Waals surface area contributed by atoms with E-state index in [1.807, 2.05) is 0 Å². The summed E-state index contributed by atoms with van der Waals surface area (Å²) in [4.78, 5) is 0. The van der Waals surface area contributed by atoms with Crippen molar-refractivity contribution in [3.05, 3.63) is 0 Å². The Labute approximate surface area is 87.7 Å². The molecular weight excluding hydrogens is 176 g/mol. The van der Waals surface area contributed by atoms with Crippen molar-refractivity contribution in [1.82, 2.24) is 0 Å². The summed E-state index contributed by atoms with van der Waals surface area (Å²) in [6.45, 7) is 6.00. The van der Waals surface area contributed by atoms with Crippen LogP contribution in [0.2, 0.25) is 0 Å². The van der Waals surface area contributed by atoms with Crippen LogP contribution < -0.4 is 0 Å². The number of hydrogen-bond donors (Lipinski definition) is 1. The first kappa shape index (κ1) is 12.0. The molecule has 14 heavy (non-hydrogen) atoms. The average Bonchev–Trinajstić information content (AvgIpc) is 2.69. The van der Waals surface area contributed by atoms with Crippen LogP contribution in [-0.4, -0.2) is 24.4 Å². The summed E-state index contributed by atoms with van der Waals surface area (Å²) in [5, 5.41) is 10.2. The number of aliphatic hydroxyl groups is 1. The summed E-state index contributed by atoms with van der Waals surface area (Å²) < 4.78 is 5.32. The maximum absolute atomic E-state index is 10.2. The first-order valence-corrected chi connectivity index (χ1v) is 6.05. The minimum Gasteiger partial charge on any atom is -0.392 e. The van der Waals surface area contributed by atoms with Crippen molar-refractivity contribution in [2.75, 3.05) is 13.2 Å². The van der Waals surface area contributed by atoms with Gasteiger partial charge in [0.25, 0.3) is 0 Å². The van der Waals surface area contributed by atoms with Gasteiger partial charge in [0.05, 0.1) is 12.7 Å². The third-order valence-electron chi connectivity index (χ3n) is 3.25. The van der Waals surface area contributed by atoms with E-state index in [-0.39, 0.29) is 6.10 Å². The van der Waals surface area contributed by atoms with E-state index in [2.05, 4.69) is 13.8 Å². The predicted octanol–water partition coefficient (Wildman–Crippen LogP) is 2.60. The van der Waals surface area contributed by atoms with Gasteiger partial charge in [0.2, 0.25) is 0 Å². The predicted molar refractivity (Wildman–Crippen MR) is 58.2 cm³/mol. The molecule has 0 aromatic carbocycles. The Balaban J connectivity index is 2.39. The lowest BCUT2D eigenvalue weighted by molar-refractivity contribution is 0.0353. The minimum absolute atomic E-state index is 0.127. The van der Waals surface area contributed by atoms with Gasteiger partial charge in [0.15, 0.2) is 0 Å². The van der Waals surface area contributed by atoms with Crippen LogP contribution in [0.3, 0.4) is 0 Å². The lowest BCUT2D eigenvalue weighted by Crippen LogP contribution is -2.29. The molecule has 0 radical (unpaired) electrons. The zero-order chi connectivity index (χ0) is 10.4. The number of rotatable bonds is 6. The van der Waals surface area contributed by atoms with Crippen molar-refractivity contribution in [1.29, 1.82) is 0 Å². The highest BCUT2D eigenvalue weighted by molar-refractivity contribution is 4.78. The molecule has 2 atom stereocenters. The van der Waals surface area contributed by atoms with Gasteiger partial charge in [0, 0.05) is 12.5 Å². The summed E-state index contributed by atoms with van der Waals surface area (Å²) in [5.41, 5.74) is 0. The van der Waals surface area contributed by atoms with Crippen LogP contribution in [0.25, 0.3) is 0 Å². The second-order valence-electron chi connectivity index (χ2n) is 4.45. The molecule has 0 amide bonds. The summed E-state index contributed by atoms with van der Waals surface area (Å²) in [6, 6.07) is 0. The fraction of sp³-hybridized carbons (Fsp3) is 1.00. The first-order chi connectivity index (χ1) is 6.79. The highest BCUT2D eigenvalue weighted by Crippen LogP contribution is 2.27. The topological polar surface area (TPSA) is 29.5 Å². The van der Waals surface area contributed by atoms with Crippen LogP contribution in [0, 0.1) is 11.8 Å². The largest absolute Gasteiger partial charge is 0.392 e. The van der Waals surface area contributed by atoms with E-state index < -0.39 is 0 Å². The Hall–Kier alpha value is -0.0800. The fourth-order valence-electron chi connectivity index (χ4n) is 2.43. The van der Waals surface area contributed by atoms with Crippen molar-refractivity contribution in [3.63, 3.8) is 0 Å². The normalized spacial score (nSPS) is 24.4. The van der Waals surface area contributed by atoms with Gasteiger partial charge < -0.3 is 9.84 Å². The Morgan fingerprint density at radius 3 is 2.36 bits per heavy atom. The van der Waals surface area contributed by atoms with Crippen LogP contribution in [0.5, 0.6) is 0 Å². The molecule has 0 aromatic rings. The molecule has 1 fully saturated rings. The highest BCUT2D eigenvalue weighted by Gasteiger charge is 2.29. The zero-order valence-electron chi connectivity index (χ0n) is 9.54. The van der Waals surface area contributed by atoms with E-state index >= 15 is 0 Å². The summed E-state index contributed by atoms with van der Waals surface area (Å²) in [6.07, 6.45) is 5.59. The lowest BCUT2D eigenvalue weighted by atomic mass is 9.84. The zero-order valence-corrected chi connectivity index (χ0v) is 9.54. The van der Waals surface area contributed by atoms with Crippen LogP contribution in [-0.2, 0) is 4.74 Å². The van der Waals surface area contributed by atoms with E-state index in [0.717, 1.165) is 32.5 Å². The van der Waals surface area contributed by atoms with Gasteiger partial charge in [-0.15, -0.1) is 0 Å². The molecule has 1 N–H and O–H groups in total. The Kier molecular flexibility index (Phi) is 5.49. The third-order valence-corrected chi connectivity index (χ3v) is 3.25. The Morgan fingerprint density at radius 2 is 1.93 bits per heavy atom. The molecule has 1 aliphatic rings. The lowest BCUT2D eigenvalue weighted by Gasteiger charge is -2.26. The molecule has 0 aromatic heterocycles. The smallest absolute Gasteiger partial charge is 0.0619 e. The van der Waals surface area contributed by atoms with Gasteiger partial charge in [-0.2, -0.15) is 0 Å². The standard InChI is InChI=1S/C12H24O2/c1-3-5-10(6-4-2)12(13)11-7-8-14-9-11/h10-13H,3-9H2,1-2H3. The maximum Gasteiger partial charge on any atom is 0.0619 e. The summed E-state index contributed by atoms with van der Waals surface area (Å²) in [7, 11) is 0. The fourth-order valence-corrected chi connectivity index (χ4v) is 2.43. The van der Waals surface area contributed by atoms with Gasteiger partial charge in [0.1, 0.15) is 0 Å². The third kappa shape index (κ3) is 3.25. The van der Waals surface area contributed by atoms with Gasteiger partial charge in [-0.05, 0) is 25.2 Å². The Morgan fingerprint density at radius 1 is 1.29 bits per heavy atom. The molecular formula is C12H24O2. The monoisotopic (exact) mass is 200 g/mol. The first-order valence-electron chi connectivity index (χ1n) is 6.05. The summed E-state index contributed by atoms with van der Waals surface area (Å²) >= 11 is 0. The molecule has 1 heterocycles. The van der Waals surface area contributed by atoms with Crippen LogP contribution in [0.4, 0.5) is 0 Å². The molecule has 0 saturated carbocycles. The van der Waals surface area contributed by atoms with Crippen LogP contribution in [0.15, 0.2) is 0 Å². The van der Waals surface area contributed by atoms with E-state index in [1.165, 1.54) is 12.8 Å². The summed E-state index contributed by atoms with van der Waals surface area (Å²) in [5.74, 6) is 0.898. The quantitative estimate of drug-likeness (QED) is 0.714. The highest BCUT2D eigenvalue weighted by atomic mass is 16.5. The second kappa shape index (κ2) is 6.41. The molecule has 0 bridgehead atoms. The Bertz CT molecular complexity index is 135. The molecule has 84 valence electrons. The van der Waals surface area contributed by atoms with E-state index in [1.54, 1.807) is 0 Å². The van der Waals surface area contributed by atoms with Crippen molar-refractivity contribution in [2.24, 2.45) is 11.8 Å². The molecule has 0 aliphatic carbocycles. The molecule has 2 nitrogen and oxygen atoms in total. The number of ether oxygens (including phenoxy) is 1. The van der Waals surface area contributed by atoms with Crippen molar-refractivity contribution in [3.8, 4) is 0 Å². The van der Waals surface area contributed by atoms with Crippen molar-refractivity contribution < 1.29 is 9.84 Å². The molecule has 1 rings (SSSR count). The number of hydrogen-bond acceptors (Lipinski definition) is 2. The van der Waals surface area contributed by atoms with Gasteiger partial charge in [-0.3, -0.25) is 0 Å². The molecule has 2 heteroatoms. The van der Waals surface area contributed by atoms with Crippen molar-refractivity contribution >= 4 is 0 Å². The number of aliphatic hydroxyl groups excluding tert-OH is 1. The van der Waals surface area contributed by atoms with Gasteiger partial charge in [-0.1, -0.05) is 26.7 Å². The van der Waals surface area contributed by atoms with Gasteiger partial charge >= 0.3 is 0 Å². The van der Waals surface area contributed by atoms with Crippen LogP contribution >= 0.6 is 0 Å². The van der Waals surface area contributed by atoms with E-state index in [9.17, 15) is 5.11 Å². The molecule has 2 unspecified atom stereocenters. The molecule has 0 spiro atoms. The van der Waals surface area contributed by atoms with Gasteiger partial charge in [-0.25, -0.2) is 0 Å². The minimum atomic E-state index is -0.127. The van der Waals surface area contributed by atoms with Crippen molar-refractivity contribution in [2.45, 2.75) is 52.1 Å². The average molecular weight is 200 g/mol. The SMILES string of the molecule is CCCC(CCC)C(O)C1CCOC1. The molecule has 1 saturated heterocycles. The van der Waals surface area contributed by atoms with E-state index in [0.29, 0.717) is 11.8 Å². The molecule has 1 aliphatic heterocycles. The second-order valence-corrected chi connectivity index (χ2v) is 4.45. The maximum atomic E-state index is 10.2.